The molecule has 4 heteroatoms. The number of ketones is 1. The largest absolute Gasteiger partial charge is 0.465 e. The van der Waals surface area contributed by atoms with E-state index < -0.39 is 6.09 Å². The van der Waals surface area contributed by atoms with Gasteiger partial charge < -0.3 is 10.4 Å². The molecule has 0 unspecified atom stereocenters. The van der Waals surface area contributed by atoms with Crippen LogP contribution >= 0.6 is 0 Å². The van der Waals surface area contributed by atoms with E-state index in [4.69, 9.17) is 5.11 Å². The fourth-order valence-corrected chi connectivity index (χ4v) is 1.60. The number of carbonyl (C=O) groups is 2. The van der Waals surface area contributed by atoms with Crippen molar-refractivity contribution in [2.75, 3.05) is 0 Å². The lowest BCUT2D eigenvalue weighted by Gasteiger charge is -2.16. The van der Waals surface area contributed by atoms with E-state index in [9.17, 15) is 9.59 Å². The maximum atomic E-state index is 10.9. The number of amides is 1. The summed E-state index contributed by atoms with van der Waals surface area (Å²) in [4.78, 5) is 21.2. The van der Waals surface area contributed by atoms with Crippen molar-refractivity contribution in [2.24, 2.45) is 0 Å². The average molecular weight is 197 g/mol. The molecular weight excluding hydrogens is 182 g/mol. The predicted molar refractivity (Wildman–Crippen MR) is 52.2 cm³/mol. The quantitative estimate of drug-likeness (QED) is 0.677. The van der Waals surface area contributed by atoms with Gasteiger partial charge in [-0.3, -0.25) is 4.79 Å². The van der Waals surface area contributed by atoms with Gasteiger partial charge in [0.15, 0.2) is 0 Å². The Labute approximate surface area is 83.0 Å². The Morgan fingerprint density at radius 1 is 1.64 bits per heavy atom. The van der Waals surface area contributed by atoms with E-state index in [-0.39, 0.29) is 11.8 Å². The SMILES string of the molecule is C[C@@H](CC1=CCC(=O)CC1)NC(=O)O. The minimum atomic E-state index is -0.995. The van der Waals surface area contributed by atoms with Crippen molar-refractivity contribution >= 4 is 11.9 Å². The van der Waals surface area contributed by atoms with Crippen LogP contribution in [0, 0.1) is 0 Å². The Balaban J connectivity index is 2.37. The van der Waals surface area contributed by atoms with E-state index in [0.717, 1.165) is 6.42 Å². The van der Waals surface area contributed by atoms with Crippen LogP contribution in [0.2, 0.25) is 0 Å². The van der Waals surface area contributed by atoms with Gasteiger partial charge in [0, 0.05) is 18.9 Å². The van der Waals surface area contributed by atoms with Crippen molar-refractivity contribution in [1.29, 1.82) is 0 Å². The molecule has 1 amide bonds. The molecule has 1 rings (SSSR count). The van der Waals surface area contributed by atoms with Crippen LogP contribution in [0.5, 0.6) is 0 Å². The predicted octanol–water partition coefficient (Wildman–Crippen LogP) is 1.71. The Bertz CT molecular complexity index is 271. The van der Waals surface area contributed by atoms with Gasteiger partial charge in [0.2, 0.25) is 0 Å². The number of hydrogen-bond acceptors (Lipinski definition) is 2. The van der Waals surface area contributed by atoms with Gasteiger partial charge in [-0.05, 0) is 19.8 Å². The highest BCUT2D eigenvalue weighted by Crippen LogP contribution is 2.19. The molecule has 78 valence electrons. The van der Waals surface area contributed by atoms with Crippen molar-refractivity contribution in [3.63, 3.8) is 0 Å². The van der Waals surface area contributed by atoms with Crippen molar-refractivity contribution < 1.29 is 14.7 Å². The Kier molecular flexibility index (Phi) is 3.68. The first-order chi connectivity index (χ1) is 6.58. The molecule has 2 N–H and O–H groups in total. The lowest BCUT2D eigenvalue weighted by Crippen LogP contribution is -2.31. The maximum absolute atomic E-state index is 10.9. The molecule has 14 heavy (non-hydrogen) atoms. The zero-order chi connectivity index (χ0) is 10.6. The summed E-state index contributed by atoms with van der Waals surface area (Å²) in [5, 5.41) is 10.9. The van der Waals surface area contributed by atoms with Crippen LogP contribution in [-0.4, -0.2) is 23.0 Å². The third-order valence-electron chi connectivity index (χ3n) is 2.28. The van der Waals surface area contributed by atoms with Gasteiger partial charge in [-0.1, -0.05) is 11.6 Å². The second kappa shape index (κ2) is 4.79. The van der Waals surface area contributed by atoms with Crippen LogP contribution in [0.1, 0.15) is 32.6 Å². The summed E-state index contributed by atoms with van der Waals surface area (Å²) >= 11 is 0. The number of rotatable bonds is 3. The third-order valence-corrected chi connectivity index (χ3v) is 2.28. The number of Topliss-reactive ketones (excluding diaryl/α,β-unsaturated/α-hetero) is 1. The minimum absolute atomic E-state index is 0.0769. The molecule has 0 aromatic carbocycles. The smallest absolute Gasteiger partial charge is 0.404 e. The van der Waals surface area contributed by atoms with Gasteiger partial charge in [-0.2, -0.15) is 0 Å². The first-order valence-corrected chi connectivity index (χ1v) is 4.77. The molecule has 0 saturated carbocycles. The summed E-state index contributed by atoms with van der Waals surface area (Å²) in [6, 6.07) is -0.0769. The van der Waals surface area contributed by atoms with Gasteiger partial charge in [-0.15, -0.1) is 0 Å². The molecule has 4 nitrogen and oxygen atoms in total. The van der Waals surface area contributed by atoms with Crippen molar-refractivity contribution in [1.82, 2.24) is 5.32 Å². The summed E-state index contributed by atoms with van der Waals surface area (Å²) < 4.78 is 0. The zero-order valence-electron chi connectivity index (χ0n) is 8.25. The summed E-state index contributed by atoms with van der Waals surface area (Å²) in [5.41, 5.74) is 1.19. The monoisotopic (exact) mass is 197 g/mol. The van der Waals surface area contributed by atoms with E-state index in [1.165, 1.54) is 5.57 Å². The second-order valence-electron chi connectivity index (χ2n) is 3.66. The number of allylic oxidation sites excluding steroid dienone is 1. The first-order valence-electron chi connectivity index (χ1n) is 4.77. The molecule has 0 aliphatic heterocycles. The Hall–Kier alpha value is -1.32. The average Bonchev–Trinajstić information content (AvgIpc) is 2.07. The molecule has 0 heterocycles. The van der Waals surface area contributed by atoms with Crippen LogP contribution in [0.25, 0.3) is 0 Å². The van der Waals surface area contributed by atoms with Gasteiger partial charge in [0.1, 0.15) is 5.78 Å². The molecule has 0 fully saturated rings. The molecule has 0 aromatic rings. The van der Waals surface area contributed by atoms with E-state index in [0.29, 0.717) is 19.3 Å². The van der Waals surface area contributed by atoms with E-state index in [1.54, 1.807) is 0 Å². The van der Waals surface area contributed by atoms with E-state index in [2.05, 4.69) is 5.32 Å². The lowest BCUT2D eigenvalue weighted by atomic mass is 9.94. The summed E-state index contributed by atoms with van der Waals surface area (Å²) in [6.45, 7) is 1.82. The maximum Gasteiger partial charge on any atom is 0.404 e. The van der Waals surface area contributed by atoms with E-state index >= 15 is 0 Å². The molecule has 1 aliphatic rings. The number of nitrogens with one attached hydrogen (secondary N) is 1. The molecular formula is C10H15NO3. The van der Waals surface area contributed by atoms with Crippen molar-refractivity contribution in [3.8, 4) is 0 Å². The zero-order valence-corrected chi connectivity index (χ0v) is 8.25. The third kappa shape index (κ3) is 3.60. The lowest BCUT2D eigenvalue weighted by molar-refractivity contribution is -0.118. The van der Waals surface area contributed by atoms with Crippen LogP contribution in [0.3, 0.4) is 0 Å². The minimum Gasteiger partial charge on any atom is -0.465 e. The highest BCUT2D eigenvalue weighted by molar-refractivity contribution is 5.81. The summed E-state index contributed by atoms with van der Waals surface area (Å²) in [6.07, 6.45) is 3.53. The normalized spacial score (nSPS) is 18.6. The highest BCUT2D eigenvalue weighted by atomic mass is 16.4. The summed E-state index contributed by atoms with van der Waals surface area (Å²) in [7, 11) is 0. The van der Waals surface area contributed by atoms with Gasteiger partial charge in [0.05, 0.1) is 0 Å². The van der Waals surface area contributed by atoms with Crippen LogP contribution in [0.15, 0.2) is 11.6 Å². The van der Waals surface area contributed by atoms with Crippen LogP contribution in [-0.2, 0) is 4.79 Å². The Morgan fingerprint density at radius 2 is 2.36 bits per heavy atom. The van der Waals surface area contributed by atoms with Crippen LogP contribution in [0.4, 0.5) is 4.79 Å². The molecule has 1 aliphatic carbocycles. The fourth-order valence-electron chi connectivity index (χ4n) is 1.60. The first kappa shape index (κ1) is 10.8. The molecule has 0 bridgehead atoms. The highest BCUT2D eigenvalue weighted by Gasteiger charge is 2.13. The fraction of sp³-hybridized carbons (Fsp3) is 0.600. The van der Waals surface area contributed by atoms with E-state index in [1.807, 2.05) is 13.0 Å². The molecule has 0 radical (unpaired) electrons. The molecule has 0 saturated heterocycles. The van der Waals surface area contributed by atoms with Crippen molar-refractivity contribution in [3.05, 3.63) is 11.6 Å². The standard InChI is InChI=1S/C10H15NO3/c1-7(11-10(13)14)6-8-2-4-9(12)5-3-8/h2,7,11H,3-6H2,1H3,(H,13,14)/t7-/m0/s1. The van der Waals surface area contributed by atoms with Crippen LogP contribution < -0.4 is 5.32 Å². The Morgan fingerprint density at radius 3 is 2.86 bits per heavy atom. The van der Waals surface area contributed by atoms with Gasteiger partial charge >= 0.3 is 6.09 Å². The topological polar surface area (TPSA) is 66.4 Å². The molecule has 0 aromatic heterocycles. The molecule has 1 atom stereocenters. The van der Waals surface area contributed by atoms with Gasteiger partial charge in [-0.25, -0.2) is 4.79 Å². The van der Waals surface area contributed by atoms with Crippen molar-refractivity contribution in [2.45, 2.75) is 38.6 Å². The molecule has 0 spiro atoms. The number of hydrogen-bond donors (Lipinski definition) is 2. The number of carboxylic acid groups (broad SMARTS) is 1. The number of carbonyl (C=O) groups excluding carboxylic acids is 1. The second-order valence-corrected chi connectivity index (χ2v) is 3.66. The summed E-state index contributed by atoms with van der Waals surface area (Å²) in [5.74, 6) is 0.271. The van der Waals surface area contributed by atoms with Gasteiger partial charge in [0.25, 0.3) is 0 Å².